The van der Waals surface area contributed by atoms with Crippen LogP contribution in [0, 0.1) is 0 Å². The lowest BCUT2D eigenvalue weighted by molar-refractivity contribution is 0.103. The van der Waals surface area contributed by atoms with Gasteiger partial charge >= 0.3 is 0 Å². The highest BCUT2D eigenvalue weighted by Gasteiger charge is 2.12. The number of hydrogen-bond acceptors (Lipinski definition) is 4. The molecule has 6 heteroatoms. The van der Waals surface area contributed by atoms with Crippen LogP contribution in [0.4, 0.5) is 5.69 Å². The molecule has 0 aliphatic rings. The van der Waals surface area contributed by atoms with Crippen molar-refractivity contribution in [2.24, 2.45) is 10.9 Å². The molecule has 0 radical (unpaired) electrons. The average Bonchev–Trinajstić information content (AvgIpc) is 2.95. The van der Waals surface area contributed by atoms with E-state index in [2.05, 4.69) is 10.5 Å². The van der Waals surface area contributed by atoms with E-state index in [9.17, 15) is 4.79 Å². The van der Waals surface area contributed by atoms with E-state index in [1.165, 1.54) is 11.3 Å². The first-order valence-corrected chi connectivity index (χ1v) is 6.99. The predicted molar refractivity (Wildman–Crippen MR) is 80.6 cm³/mol. The minimum atomic E-state index is -0.145. The Kier molecular flexibility index (Phi) is 4.37. The number of carbonyl (C=O) groups excluding carboxylic acids is 1. The second kappa shape index (κ2) is 6.21. The van der Waals surface area contributed by atoms with Crippen LogP contribution in [-0.2, 0) is 6.42 Å². The lowest BCUT2D eigenvalue weighted by Gasteiger charge is -2.07. The molecule has 1 aromatic heterocycles. The minimum absolute atomic E-state index is 0.00599. The summed E-state index contributed by atoms with van der Waals surface area (Å²) in [5.41, 5.74) is 7.71. The Hall–Kier alpha value is -2.34. The van der Waals surface area contributed by atoms with E-state index in [-0.39, 0.29) is 11.7 Å². The first-order chi connectivity index (χ1) is 9.65. The number of nitrogens with one attached hydrogen (secondary N) is 1. The Balaban J connectivity index is 2.20. The number of nitrogens with zero attached hydrogens (tertiary/aromatic N) is 1. The van der Waals surface area contributed by atoms with Gasteiger partial charge in [0.15, 0.2) is 5.84 Å². The van der Waals surface area contributed by atoms with Gasteiger partial charge in [0.1, 0.15) is 0 Å². The Morgan fingerprint density at radius 2 is 2.25 bits per heavy atom. The van der Waals surface area contributed by atoms with Gasteiger partial charge in [0.2, 0.25) is 0 Å². The van der Waals surface area contributed by atoms with E-state index >= 15 is 0 Å². The largest absolute Gasteiger partial charge is 0.409 e. The molecule has 0 saturated heterocycles. The van der Waals surface area contributed by atoms with Gasteiger partial charge in [-0.2, -0.15) is 0 Å². The lowest BCUT2D eigenvalue weighted by atomic mass is 10.1. The summed E-state index contributed by atoms with van der Waals surface area (Å²) in [6, 6.07) is 8.80. The van der Waals surface area contributed by atoms with Gasteiger partial charge in [-0.05, 0) is 35.6 Å². The smallest absolute Gasteiger partial charge is 0.266 e. The highest BCUT2D eigenvalue weighted by Crippen LogP contribution is 2.19. The van der Waals surface area contributed by atoms with Gasteiger partial charge in [0.05, 0.1) is 4.88 Å². The fourth-order valence-electron chi connectivity index (χ4n) is 1.82. The molecule has 0 aliphatic carbocycles. The van der Waals surface area contributed by atoms with Gasteiger partial charge in [-0.1, -0.05) is 24.2 Å². The van der Waals surface area contributed by atoms with Crippen LogP contribution in [0.3, 0.4) is 0 Å². The third-order valence-electron chi connectivity index (χ3n) is 2.86. The zero-order valence-corrected chi connectivity index (χ0v) is 11.8. The minimum Gasteiger partial charge on any atom is -0.409 e. The number of thiophene rings is 1. The summed E-state index contributed by atoms with van der Waals surface area (Å²) in [6.07, 6.45) is 0.816. The number of nitrogens with two attached hydrogens (primary N) is 1. The van der Waals surface area contributed by atoms with Crippen LogP contribution >= 0.6 is 11.3 Å². The Morgan fingerprint density at radius 1 is 1.45 bits per heavy atom. The van der Waals surface area contributed by atoms with E-state index in [0.29, 0.717) is 16.1 Å². The number of benzene rings is 1. The van der Waals surface area contributed by atoms with Gasteiger partial charge < -0.3 is 16.3 Å². The highest BCUT2D eigenvalue weighted by atomic mass is 32.1. The SMILES string of the molecule is CCc1ccsc1C(=O)Nc1cccc(/C(N)=N/O)c1. The van der Waals surface area contributed by atoms with Gasteiger partial charge in [0, 0.05) is 11.3 Å². The molecule has 1 aromatic carbocycles. The third-order valence-corrected chi connectivity index (χ3v) is 3.81. The molecule has 104 valence electrons. The first kappa shape index (κ1) is 14.1. The summed E-state index contributed by atoms with van der Waals surface area (Å²) in [6.45, 7) is 2.01. The van der Waals surface area contributed by atoms with Crippen molar-refractivity contribution in [2.75, 3.05) is 5.32 Å². The second-order valence-electron chi connectivity index (χ2n) is 4.15. The molecule has 4 N–H and O–H groups in total. The van der Waals surface area contributed by atoms with Crippen molar-refractivity contribution >= 4 is 28.8 Å². The second-order valence-corrected chi connectivity index (χ2v) is 5.06. The van der Waals surface area contributed by atoms with E-state index in [1.807, 2.05) is 18.4 Å². The molecule has 0 unspecified atom stereocenters. The molecular weight excluding hydrogens is 274 g/mol. The van der Waals surface area contributed by atoms with Crippen molar-refractivity contribution in [3.05, 3.63) is 51.7 Å². The van der Waals surface area contributed by atoms with Crippen LogP contribution < -0.4 is 11.1 Å². The van der Waals surface area contributed by atoms with Crippen molar-refractivity contribution in [1.29, 1.82) is 0 Å². The lowest BCUT2D eigenvalue weighted by Crippen LogP contribution is -2.15. The number of rotatable bonds is 4. The Bertz CT molecular complexity index is 649. The molecule has 20 heavy (non-hydrogen) atoms. The zero-order chi connectivity index (χ0) is 14.5. The molecule has 0 bridgehead atoms. The monoisotopic (exact) mass is 289 g/mol. The van der Waals surface area contributed by atoms with Crippen LogP contribution in [0.5, 0.6) is 0 Å². The number of anilines is 1. The summed E-state index contributed by atoms with van der Waals surface area (Å²) in [4.78, 5) is 12.9. The highest BCUT2D eigenvalue weighted by molar-refractivity contribution is 7.12. The van der Waals surface area contributed by atoms with Crippen molar-refractivity contribution in [3.63, 3.8) is 0 Å². The zero-order valence-electron chi connectivity index (χ0n) is 11.0. The summed E-state index contributed by atoms with van der Waals surface area (Å²) in [7, 11) is 0. The Morgan fingerprint density at radius 3 is 2.95 bits per heavy atom. The van der Waals surface area contributed by atoms with Crippen LogP contribution in [0.25, 0.3) is 0 Å². The van der Waals surface area contributed by atoms with Crippen molar-refractivity contribution in [1.82, 2.24) is 0 Å². The standard InChI is InChI=1S/C14H15N3O2S/c1-2-9-6-7-20-12(9)14(18)16-11-5-3-4-10(8-11)13(15)17-19/h3-8,19H,2H2,1H3,(H2,15,17)(H,16,18). The normalized spacial score (nSPS) is 11.3. The van der Waals surface area contributed by atoms with Gasteiger partial charge in [-0.25, -0.2) is 0 Å². The quantitative estimate of drug-likeness (QED) is 0.350. The topological polar surface area (TPSA) is 87.7 Å². The molecule has 0 atom stereocenters. The maximum atomic E-state index is 12.2. The fourth-order valence-corrected chi connectivity index (χ4v) is 2.71. The number of carbonyl (C=O) groups is 1. The molecule has 0 saturated carbocycles. The molecule has 0 aliphatic heterocycles. The fraction of sp³-hybridized carbons (Fsp3) is 0.143. The van der Waals surface area contributed by atoms with Crippen LogP contribution in [0.1, 0.15) is 27.7 Å². The first-order valence-electron chi connectivity index (χ1n) is 6.11. The van der Waals surface area contributed by atoms with E-state index < -0.39 is 0 Å². The number of aryl methyl sites for hydroxylation is 1. The van der Waals surface area contributed by atoms with Gasteiger partial charge in [-0.3, -0.25) is 4.79 Å². The number of amidine groups is 1. The summed E-state index contributed by atoms with van der Waals surface area (Å²) < 4.78 is 0. The molecule has 1 heterocycles. The van der Waals surface area contributed by atoms with Crippen molar-refractivity contribution in [2.45, 2.75) is 13.3 Å². The maximum absolute atomic E-state index is 12.2. The summed E-state index contributed by atoms with van der Waals surface area (Å²) >= 11 is 1.42. The summed E-state index contributed by atoms with van der Waals surface area (Å²) in [5, 5.41) is 16.3. The Labute approximate surface area is 120 Å². The van der Waals surface area contributed by atoms with Crippen LogP contribution in [0.15, 0.2) is 40.9 Å². The van der Waals surface area contributed by atoms with Gasteiger partial charge in [-0.15, -0.1) is 11.3 Å². The number of hydrogen-bond donors (Lipinski definition) is 3. The van der Waals surface area contributed by atoms with Gasteiger partial charge in [0.25, 0.3) is 5.91 Å². The van der Waals surface area contributed by atoms with E-state index in [0.717, 1.165) is 12.0 Å². The molecule has 2 rings (SSSR count). The molecule has 5 nitrogen and oxygen atoms in total. The maximum Gasteiger partial charge on any atom is 0.266 e. The molecule has 1 amide bonds. The number of amides is 1. The van der Waals surface area contributed by atoms with Crippen LogP contribution in [-0.4, -0.2) is 17.0 Å². The average molecular weight is 289 g/mol. The van der Waals surface area contributed by atoms with Crippen molar-refractivity contribution in [3.8, 4) is 0 Å². The molecule has 0 spiro atoms. The van der Waals surface area contributed by atoms with Crippen molar-refractivity contribution < 1.29 is 10.0 Å². The molecule has 2 aromatic rings. The molecular formula is C14H15N3O2S. The van der Waals surface area contributed by atoms with Crippen LogP contribution in [0.2, 0.25) is 0 Å². The number of oxime groups is 1. The molecule has 0 fully saturated rings. The van der Waals surface area contributed by atoms with E-state index in [4.69, 9.17) is 10.9 Å². The third kappa shape index (κ3) is 2.97. The predicted octanol–water partition coefficient (Wildman–Crippen LogP) is 2.66. The van der Waals surface area contributed by atoms with E-state index in [1.54, 1.807) is 24.3 Å². The summed E-state index contributed by atoms with van der Waals surface area (Å²) in [5.74, 6) is -0.139.